The van der Waals surface area contributed by atoms with Gasteiger partial charge in [-0.1, -0.05) is 6.07 Å². The Kier molecular flexibility index (Phi) is 4.91. The standard InChI is InChI=1S/C23H26N10O/c1-14-10-15(2)19-16(11-14)26-17(27-19)12-24-21-20-22(29-23(28-21)32-6-8-34-9-7-32)33(13-25-20)18-4-5-31(3)30-18/h4-5,10-11,13H,6-9,12H2,1-3H3,(H,26,27)(H,24,28,29). The zero-order valence-corrected chi connectivity index (χ0v) is 19.4. The van der Waals surface area contributed by atoms with Crippen molar-refractivity contribution in [2.24, 2.45) is 7.05 Å². The monoisotopic (exact) mass is 458 g/mol. The van der Waals surface area contributed by atoms with Crippen LogP contribution in [-0.4, -0.2) is 65.6 Å². The van der Waals surface area contributed by atoms with E-state index >= 15 is 0 Å². The van der Waals surface area contributed by atoms with Gasteiger partial charge in [-0.2, -0.15) is 15.1 Å². The number of nitrogens with zero attached hydrogens (tertiary/aromatic N) is 8. The molecule has 0 saturated carbocycles. The topological polar surface area (TPSA) is 115 Å². The number of fused-ring (bicyclic) bond motifs is 2. The van der Waals surface area contributed by atoms with Crippen LogP contribution < -0.4 is 10.2 Å². The molecule has 6 rings (SSSR count). The van der Waals surface area contributed by atoms with Gasteiger partial charge in [0.25, 0.3) is 0 Å². The van der Waals surface area contributed by atoms with Crippen LogP contribution in [-0.2, 0) is 18.3 Å². The molecule has 0 atom stereocenters. The molecule has 0 bridgehead atoms. The summed E-state index contributed by atoms with van der Waals surface area (Å²) in [6.45, 7) is 7.45. The normalized spacial score (nSPS) is 14.4. The largest absolute Gasteiger partial charge is 0.378 e. The van der Waals surface area contributed by atoms with Crippen molar-refractivity contribution in [3.8, 4) is 5.82 Å². The number of nitrogens with one attached hydrogen (secondary N) is 2. The Morgan fingerprint density at radius 1 is 1.09 bits per heavy atom. The van der Waals surface area contributed by atoms with E-state index < -0.39 is 0 Å². The van der Waals surface area contributed by atoms with Gasteiger partial charge in [0.1, 0.15) is 12.2 Å². The van der Waals surface area contributed by atoms with Crippen molar-refractivity contribution < 1.29 is 4.74 Å². The maximum absolute atomic E-state index is 5.52. The van der Waals surface area contributed by atoms with Gasteiger partial charge in [-0.3, -0.25) is 9.25 Å². The maximum Gasteiger partial charge on any atom is 0.229 e. The van der Waals surface area contributed by atoms with Gasteiger partial charge in [-0.25, -0.2) is 9.97 Å². The Bertz CT molecular complexity index is 1490. The van der Waals surface area contributed by atoms with Gasteiger partial charge >= 0.3 is 0 Å². The van der Waals surface area contributed by atoms with Crippen LogP contribution in [0.15, 0.2) is 30.7 Å². The number of hydrogen-bond donors (Lipinski definition) is 2. The van der Waals surface area contributed by atoms with Crippen LogP contribution in [0.4, 0.5) is 11.8 Å². The quantitative estimate of drug-likeness (QED) is 0.413. The number of aryl methyl sites for hydroxylation is 3. The Morgan fingerprint density at radius 2 is 1.94 bits per heavy atom. The summed E-state index contributed by atoms with van der Waals surface area (Å²) in [5.74, 6) is 2.90. The molecule has 1 aromatic carbocycles. The molecule has 174 valence electrons. The number of H-pyrrole nitrogens is 1. The minimum atomic E-state index is 0.484. The summed E-state index contributed by atoms with van der Waals surface area (Å²) in [6.07, 6.45) is 3.64. The summed E-state index contributed by atoms with van der Waals surface area (Å²) in [5.41, 5.74) is 5.78. The number of benzene rings is 1. The van der Waals surface area contributed by atoms with E-state index in [1.54, 1.807) is 11.0 Å². The van der Waals surface area contributed by atoms with Gasteiger partial charge in [0.15, 0.2) is 22.8 Å². The van der Waals surface area contributed by atoms with Crippen molar-refractivity contribution in [2.45, 2.75) is 20.4 Å². The fourth-order valence-electron chi connectivity index (χ4n) is 4.39. The average molecular weight is 459 g/mol. The van der Waals surface area contributed by atoms with Crippen molar-refractivity contribution in [1.29, 1.82) is 0 Å². The van der Waals surface area contributed by atoms with Crippen LogP contribution in [0.2, 0.25) is 0 Å². The number of hydrogen-bond acceptors (Lipinski definition) is 8. The number of aromatic amines is 1. The minimum absolute atomic E-state index is 0.484. The lowest BCUT2D eigenvalue weighted by Crippen LogP contribution is -2.37. The Hall–Kier alpha value is -3.99. The molecule has 1 aliphatic heterocycles. The molecule has 0 amide bonds. The van der Waals surface area contributed by atoms with Gasteiger partial charge in [0, 0.05) is 32.4 Å². The number of rotatable bonds is 5. The summed E-state index contributed by atoms with van der Waals surface area (Å²) < 4.78 is 9.16. The van der Waals surface area contributed by atoms with Crippen molar-refractivity contribution in [3.63, 3.8) is 0 Å². The van der Waals surface area contributed by atoms with E-state index in [2.05, 4.69) is 51.3 Å². The summed E-state index contributed by atoms with van der Waals surface area (Å²) in [5, 5.41) is 7.96. The van der Waals surface area contributed by atoms with E-state index in [0.29, 0.717) is 42.7 Å². The predicted octanol–water partition coefficient (Wildman–Crippen LogP) is 2.49. The lowest BCUT2D eigenvalue weighted by Gasteiger charge is -2.27. The SMILES string of the molecule is Cc1cc(C)c2nc(CNc3nc(N4CCOCC4)nc4c3ncn4-c3ccn(C)n3)[nH]c2c1. The maximum atomic E-state index is 5.52. The van der Waals surface area contributed by atoms with E-state index in [-0.39, 0.29) is 0 Å². The zero-order valence-electron chi connectivity index (χ0n) is 19.4. The summed E-state index contributed by atoms with van der Waals surface area (Å²) in [6, 6.07) is 6.20. The molecule has 4 aromatic heterocycles. The second-order valence-corrected chi connectivity index (χ2v) is 8.62. The summed E-state index contributed by atoms with van der Waals surface area (Å²) in [4.78, 5) is 24.7. The van der Waals surface area contributed by atoms with Gasteiger partial charge < -0.3 is 19.9 Å². The van der Waals surface area contributed by atoms with E-state index in [0.717, 1.165) is 41.3 Å². The van der Waals surface area contributed by atoms with Crippen LogP contribution in [0.3, 0.4) is 0 Å². The van der Waals surface area contributed by atoms with E-state index in [9.17, 15) is 0 Å². The summed E-state index contributed by atoms with van der Waals surface area (Å²) in [7, 11) is 1.89. The molecule has 11 heteroatoms. The van der Waals surface area contributed by atoms with Gasteiger partial charge in [-0.15, -0.1) is 0 Å². The zero-order chi connectivity index (χ0) is 23.2. The van der Waals surface area contributed by atoms with Crippen molar-refractivity contribution in [3.05, 3.63) is 47.7 Å². The Morgan fingerprint density at radius 3 is 2.74 bits per heavy atom. The van der Waals surface area contributed by atoms with Crippen molar-refractivity contribution in [1.82, 2.24) is 39.3 Å². The molecule has 0 radical (unpaired) electrons. The lowest BCUT2D eigenvalue weighted by molar-refractivity contribution is 0.122. The second kappa shape index (κ2) is 8.10. The number of imidazole rings is 2. The Labute approximate surface area is 195 Å². The van der Waals surface area contributed by atoms with Crippen LogP contribution in [0, 0.1) is 13.8 Å². The first kappa shape index (κ1) is 20.6. The second-order valence-electron chi connectivity index (χ2n) is 8.62. The number of aromatic nitrogens is 8. The smallest absolute Gasteiger partial charge is 0.229 e. The highest BCUT2D eigenvalue weighted by Gasteiger charge is 2.20. The summed E-state index contributed by atoms with van der Waals surface area (Å²) >= 11 is 0. The molecular formula is C23H26N10O. The molecule has 34 heavy (non-hydrogen) atoms. The van der Waals surface area contributed by atoms with Crippen LogP contribution in [0.25, 0.3) is 28.0 Å². The third-order valence-electron chi connectivity index (χ3n) is 6.02. The van der Waals surface area contributed by atoms with Crippen molar-refractivity contribution >= 4 is 34.0 Å². The van der Waals surface area contributed by atoms with Crippen LogP contribution in [0.5, 0.6) is 0 Å². The molecule has 1 saturated heterocycles. The first-order chi connectivity index (χ1) is 16.5. The molecule has 2 N–H and O–H groups in total. The third-order valence-corrected chi connectivity index (χ3v) is 6.02. The molecule has 0 unspecified atom stereocenters. The van der Waals surface area contributed by atoms with Gasteiger partial charge in [-0.05, 0) is 31.0 Å². The van der Waals surface area contributed by atoms with E-state index in [1.165, 1.54) is 5.56 Å². The molecule has 0 spiro atoms. The van der Waals surface area contributed by atoms with Gasteiger partial charge in [0.2, 0.25) is 5.95 Å². The highest BCUT2D eigenvalue weighted by molar-refractivity contribution is 5.85. The molecule has 11 nitrogen and oxygen atoms in total. The number of anilines is 2. The van der Waals surface area contributed by atoms with Crippen LogP contribution in [0.1, 0.15) is 17.0 Å². The molecule has 5 aromatic rings. The highest BCUT2D eigenvalue weighted by atomic mass is 16.5. The fourth-order valence-corrected chi connectivity index (χ4v) is 4.39. The van der Waals surface area contributed by atoms with E-state index in [1.807, 2.05) is 23.9 Å². The number of ether oxygens (including phenoxy) is 1. The molecule has 1 aliphatic rings. The molecule has 1 fully saturated rings. The molecule has 0 aliphatic carbocycles. The first-order valence-electron chi connectivity index (χ1n) is 11.3. The van der Waals surface area contributed by atoms with Gasteiger partial charge in [0.05, 0.1) is 30.8 Å². The number of morpholine rings is 1. The third kappa shape index (κ3) is 3.63. The molecule has 5 heterocycles. The first-order valence-corrected chi connectivity index (χ1v) is 11.3. The van der Waals surface area contributed by atoms with E-state index in [4.69, 9.17) is 19.7 Å². The van der Waals surface area contributed by atoms with Crippen molar-refractivity contribution in [2.75, 3.05) is 36.5 Å². The lowest BCUT2D eigenvalue weighted by atomic mass is 10.1. The predicted molar refractivity (Wildman–Crippen MR) is 129 cm³/mol. The Balaban J connectivity index is 1.39. The van der Waals surface area contributed by atoms with Crippen LogP contribution >= 0.6 is 0 Å². The highest BCUT2D eigenvalue weighted by Crippen LogP contribution is 2.26. The average Bonchev–Trinajstić information content (AvgIpc) is 3.55. The fraction of sp³-hybridized carbons (Fsp3) is 0.348. The molecular weight excluding hydrogens is 432 g/mol. The minimum Gasteiger partial charge on any atom is -0.378 e.